The van der Waals surface area contributed by atoms with E-state index in [0.717, 1.165) is 41.4 Å². The van der Waals surface area contributed by atoms with Crippen molar-refractivity contribution < 1.29 is 23.1 Å². The van der Waals surface area contributed by atoms with Crippen molar-refractivity contribution in [3.63, 3.8) is 0 Å². The van der Waals surface area contributed by atoms with E-state index in [1.165, 1.54) is 6.92 Å². The number of fused-ring (bicyclic) bond motifs is 1. The fourth-order valence-corrected chi connectivity index (χ4v) is 3.42. The number of aryl methyl sites for hydroxylation is 2. The van der Waals surface area contributed by atoms with Crippen LogP contribution in [0.2, 0.25) is 0 Å². The van der Waals surface area contributed by atoms with E-state index in [1.54, 1.807) is 6.07 Å². The van der Waals surface area contributed by atoms with Crippen LogP contribution in [-0.2, 0) is 17.6 Å². The highest BCUT2D eigenvalue weighted by Gasteiger charge is 2.29. The molecule has 28 heavy (non-hydrogen) atoms. The standard InChI is InChI=1S/C22H23NO5/c1-4-14-6-8-18(27-14)22(19-9-7-15(5-2)28-19)16-10-20-21(26-12-25-20)11-17(16)23-13(3)24/h6-11,22H,4-5,12H2,1-3H3,(H,23,24). The van der Waals surface area contributed by atoms with Gasteiger partial charge >= 0.3 is 0 Å². The second-order valence-electron chi connectivity index (χ2n) is 6.72. The monoisotopic (exact) mass is 381 g/mol. The van der Waals surface area contributed by atoms with Gasteiger partial charge in [-0.05, 0) is 35.9 Å². The summed E-state index contributed by atoms with van der Waals surface area (Å²) in [6.07, 6.45) is 1.59. The molecule has 0 saturated carbocycles. The normalized spacial score (nSPS) is 12.6. The highest BCUT2D eigenvalue weighted by atomic mass is 16.7. The van der Waals surface area contributed by atoms with Gasteiger partial charge in [-0.15, -0.1) is 0 Å². The highest BCUT2D eigenvalue weighted by Crippen LogP contribution is 2.44. The van der Waals surface area contributed by atoms with Crippen LogP contribution in [0.5, 0.6) is 11.5 Å². The predicted molar refractivity (Wildman–Crippen MR) is 104 cm³/mol. The van der Waals surface area contributed by atoms with E-state index in [4.69, 9.17) is 18.3 Å². The summed E-state index contributed by atoms with van der Waals surface area (Å²) in [5.41, 5.74) is 1.47. The second-order valence-corrected chi connectivity index (χ2v) is 6.72. The lowest BCUT2D eigenvalue weighted by Crippen LogP contribution is -2.11. The van der Waals surface area contributed by atoms with Gasteiger partial charge in [0.15, 0.2) is 11.5 Å². The minimum Gasteiger partial charge on any atom is -0.465 e. The van der Waals surface area contributed by atoms with Crippen LogP contribution in [0, 0.1) is 0 Å². The Morgan fingerprint density at radius 3 is 2.04 bits per heavy atom. The first-order chi connectivity index (χ1) is 13.6. The number of furan rings is 2. The van der Waals surface area contributed by atoms with Crippen molar-refractivity contribution in [3.8, 4) is 11.5 Å². The van der Waals surface area contributed by atoms with Crippen molar-refractivity contribution in [2.75, 3.05) is 12.1 Å². The van der Waals surface area contributed by atoms with E-state index >= 15 is 0 Å². The van der Waals surface area contributed by atoms with Crippen LogP contribution < -0.4 is 14.8 Å². The summed E-state index contributed by atoms with van der Waals surface area (Å²) in [5, 5.41) is 2.91. The molecule has 4 rings (SSSR count). The molecule has 1 aromatic carbocycles. The number of anilines is 1. The lowest BCUT2D eigenvalue weighted by Gasteiger charge is -2.18. The second kappa shape index (κ2) is 7.46. The molecule has 0 aliphatic carbocycles. The molecule has 146 valence electrons. The maximum absolute atomic E-state index is 11.8. The van der Waals surface area contributed by atoms with E-state index in [0.29, 0.717) is 17.2 Å². The molecule has 1 aliphatic heterocycles. The number of nitrogens with one attached hydrogen (secondary N) is 1. The molecule has 1 amide bonds. The smallest absolute Gasteiger partial charge is 0.231 e. The van der Waals surface area contributed by atoms with Crippen molar-refractivity contribution in [2.45, 2.75) is 39.5 Å². The van der Waals surface area contributed by atoms with Gasteiger partial charge in [-0.25, -0.2) is 0 Å². The number of benzene rings is 1. The van der Waals surface area contributed by atoms with Crippen LogP contribution in [0.15, 0.2) is 45.2 Å². The summed E-state index contributed by atoms with van der Waals surface area (Å²) in [6, 6.07) is 11.5. The first-order valence-electron chi connectivity index (χ1n) is 9.47. The molecule has 3 heterocycles. The Hall–Kier alpha value is -3.15. The lowest BCUT2D eigenvalue weighted by atomic mass is 9.92. The van der Waals surface area contributed by atoms with Crippen LogP contribution in [-0.4, -0.2) is 12.7 Å². The third kappa shape index (κ3) is 3.38. The van der Waals surface area contributed by atoms with Crippen molar-refractivity contribution in [1.29, 1.82) is 0 Å². The lowest BCUT2D eigenvalue weighted by molar-refractivity contribution is -0.114. The van der Waals surface area contributed by atoms with Gasteiger partial charge in [0.25, 0.3) is 0 Å². The third-order valence-corrected chi connectivity index (χ3v) is 4.80. The molecule has 6 heteroatoms. The van der Waals surface area contributed by atoms with Gasteiger partial charge in [-0.1, -0.05) is 13.8 Å². The van der Waals surface area contributed by atoms with Gasteiger partial charge in [0.05, 0.1) is 0 Å². The van der Waals surface area contributed by atoms with Gasteiger partial charge in [0.2, 0.25) is 12.7 Å². The number of carbonyl (C=O) groups excluding carboxylic acids is 1. The van der Waals surface area contributed by atoms with E-state index in [2.05, 4.69) is 5.32 Å². The van der Waals surface area contributed by atoms with Gasteiger partial charge in [0.1, 0.15) is 29.0 Å². The van der Waals surface area contributed by atoms with Crippen LogP contribution in [0.3, 0.4) is 0 Å². The van der Waals surface area contributed by atoms with Gasteiger partial charge < -0.3 is 23.6 Å². The highest BCUT2D eigenvalue weighted by molar-refractivity contribution is 5.90. The SMILES string of the molecule is CCc1ccc(C(c2ccc(CC)o2)c2cc3c(cc2NC(C)=O)OCO3)o1. The van der Waals surface area contributed by atoms with E-state index < -0.39 is 0 Å². The van der Waals surface area contributed by atoms with E-state index in [-0.39, 0.29) is 18.6 Å². The fourth-order valence-electron chi connectivity index (χ4n) is 3.42. The molecule has 0 spiro atoms. The first-order valence-corrected chi connectivity index (χ1v) is 9.47. The van der Waals surface area contributed by atoms with Gasteiger partial charge in [0, 0.05) is 31.5 Å². The largest absolute Gasteiger partial charge is 0.465 e. The van der Waals surface area contributed by atoms with Gasteiger partial charge in [-0.2, -0.15) is 0 Å². The molecule has 1 N–H and O–H groups in total. The quantitative estimate of drug-likeness (QED) is 0.660. The Morgan fingerprint density at radius 2 is 1.54 bits per heavy atom. The van der Waals surface area contributed by atoms with Crippen LogP contribution in [0.25, 0.3) is 0 Å². The molecule has 1 aliphatic rings. The molecule has 3 aromatic rings. The Morgan fingerprint density at radius 1 is 0.964 bits per heavy atom. The van der Waals surface area contributed by atoms with Crippen LogP contribution in [0.1, 0.15) is 55.3 Å². The minimum atomic E-state index is -0.322. The molecule has 2 aromatic heterocycles. The molecular formula is C22H23NO5. The number of amides is 1. The molecule has 6 nitrogen and oxygen atoms in total. The average Bonchev–Trinajstić information content (AvgIpc) is 3.42. The Labute approximate surface area is 163 Å². The summed E-state index contributed by atoms with van der Waals surface area (Å²) in [4.78, 5) is 11.8. The molecule has 0 bridgehead atoms. The maximum atomic E-state index is 11.8. The fraction of sp³-hybridized carbons (Fsp3) is 0.318. The zero-order valence-corrected chi connectivity index (χ0v) is 16.2. The molecular weight excluding hydrogens is 358 g/mol. The van der Waals surface area contributed by atoms with Crippen molar-refractivity contribution in [2.24, 2.45) is 0 Å². The maximum Gasteiger partial charge on any atom is 0.231 e. The minimum absolute atomic E-state index is 0.157. The van der Waals surface area contributed by atoms with E-state index in [9.17, 15) is 4.79 Å². The van der Waals surface area contributed by atoms with E-state index in [1.807, 2.05) is 44.2 Å². The predicted octanol–water partition coefficient (Wildman–Crippen LogP) is 4.86. The van der Waals surface area contributed by atoms with Crippen LogP contribution >= 0.6 is 0 Å². The molecule has 0 radical (unpaired) electrons. The van der Waals surface area contributed by atoms with Crippen molar-refractivity contribution >= 4 is 11.6 Å². The zero-order valence-electron chi connectivity index (χ0n) is 16.2. The molecule has 0 fully saturated rings. The average molecular weight is 381 g/mol. The molecule has 0 unspecified atom stereocenters. The summed E-state index contributed by atoms with van der Waals surface area (Å²) in [5.74, 6) is 4.04. The summed E-state index contributed by atoms with van der Waals surface area (Å²) in [6.45, 7) is 5.73. The number of hydrogen-bond acceptors (Lipinski definition) is 5. The summed E-state index contributed by atoms with van der Waals surface area (Å²) >= 11 is 0. The summed E-state index contributed by atoms with van der Waals surface area (Å²) < 4.78 is 23.2. The number of ether oxygens (including phenoxy) is 2. The third-order valence-electron chi connectivity index (χ3n) is 4.80. The first kappa shape index (κ1) is 18.2. The Bertz CT molecular complexity index is 958. The topological polar surface area (TPSA) is 73.8 Å². The number of rotatable bonds is 6. The van der Waals surface area contributed by atoms with Crippen LogP contribution in [0.4, 0.5) is 5.69 Å². The molecule has 0 atom stereocenters. The molecule has 0 saturated heterocycles. The summed E-state index contributed by atoms with van der Waals surface area (Å²) in [7, 11) is 0. The Kier molecular flexibility index (Phi) is 4.86. The zero-order chi connectivity index (χ0) is 19.7. The van der Waals surface area contributed by atoms with Gasteiger partial charge in [-0.3, -0.25) is 4.79 Å². The number of hydrogen-bond donors (Lipinski definition) is 1. The Balaban J connectivity index is 1.89. The van der Waals surface area contributed by atoms with Crippen molar-refractivity contribution in [1.82, 2.24) is 0 Å². The van der Waals surface area contributed by atoms with Crippen molar-refractivity contribution in [3.05, 3.63) is 65.0 Å². The number of carbonyl (C=O) groups is 1.